The highest BCUT2D eigenvalue weighted by Crippen LogP contribution is 2.28. The van der Waals surface area contributed by atoms with Crippen molar-refractivity contribution in [3.8, 4) is 0 Å². The smallest absolute Gasteiger partial charge is 0.291 e. The van der Waals surface area contributed by atoms with E-state index in [9.17, 15) is 18.4 Å². The summed E-state index contributed by atoms with van der Waals surface area (Å²) in [6.07, 6.45) is 5.25. The van der Waals surface area contributed by atoms with Crippen LogP contribution < -0.4 is 10.6 Å². The van der Waals surface area contributed by atoms with Crippen molar-refractivity contribution in [2.75, 3.05) is 5.32 Å². The van der Waals surface area contributed by atoms with Crippen LogP contribution in [0.25, 0.3) is 0 Å². The molecule has 0 saturated carbocycles. The van der Waals surface area contributed by atoms with Gasteiger partial charge in [-0.25, -0.2) is 18.4 Å². The number of rotatable bonds is 4. The van der Waals surface area contributed by atoms with Gasteiger partial charge in [-0.1, -0.05) is 13.3 Å². The van der Waals surface area contributed by atoms with Crippen molar-refractivity contribution in [1.29, 1.82) is 0 Å². The molecule has 2 atom stereocenters. The molecule has 0 bridgehead atoms. The lowest BCUT2D eigenvalue weighted by molar-refractivity contribution is -0.118. The SMILES string of the molecule is CCC[C@H]1CCCc2nc(C(=O)N[C@H]3CCc4cc(F)cc(F)c4NC3=O)nn21. The summed E-state index contributed by atoms with van der Waals surface area (Å²) in [5.41, 5.74) is 0.330. The summed E-state index contributed by atoms with van der Waals surface area (Å²) in [6.45, 7) is 2.11. The average Bonchev–Trinajstić information content (AvgIpc) is 3.06. The summed E-state index contributed by atoms with van der Waals surface area (Å²) in [6, 6.07) is 1.28. The summed E-state index contributed by atoms with van der Waals surface area (Å²) in [4.78, 5) is 29.5. The number of carbonyl (C=O) groups excluding carboxylic acids is 2. The first-order valence-electron chi connectivity index (χ1n) is 10.0. The molecule has 1 aromatic heterocycles. The number of aryl methyl sites for hydroxylation is 2. The van der Waals surface area contributed by atoms with Crippen LogP contribution in [0, 0.1) is 11.6 Å². The molecule has 4 rings (SSSR count). The predicted octanol–water partition coefficient (Wildman–Crippen LogP) is 2.92. The van der Waals surface area contributed by atoms with Gasteiger partial charge in [0, 0.05) is 12.5 Å². The first kappa shape index (κ1) is 19.5. The molecule has 2 aliphatic heterocycles. The van der Waals surface area contributed by atoms with Crippen molar-refractivity contribution in [3.63, 3.8) is 0 Å². The van der Waals surface area contributed by atoms with E-state index in [1.54, 1.807) is 0 Å². The maximum atomic E-state index is 14.0. The van der Waals surface area contributed by atoms with Gasteiger partial charge in [0.15, 0.2) is 0 Å². The molecule has 2 amide bonds. The van der Waals surface area contributed by atoms with Crippen molar-refractivity contribution >= 4 is 17.5 Å². The number of halogens is 2. The zero-order valence-corrected chi connectivity index (χ0v) is 16.2. The molecular formula is C20H23F2N5O2. The van der Waals surface area contributed by atoms with Crippen molar-refractivity contribution < 1.29 is 18.4 Å². The lowest BCUT2D eigenvalue weighted by Crippen LogP contribution is -2.43. The summed E-state index contributed by atoms with van der Waals surface area (Å²) >= 11 is 0. The minimum atomic E-state index is -0.885. The first-order valence-corrected chi connectivity index (χ1v) is 10.0. The van der Waals surface area contributed by atoms with Crippen LogP contribution in [0.1, 0.15) is 67.1 Å². The third kappa shape index (κ3) is 3.86. The summed E-state index contributed by atoms with van der Waals surface area (Å²) in [5, 5.41) is 9.48. The maximum absolute atomic E-state index is 14.0. The highest BCUT2D eigenvalue weighted by molar-refractivity contribution is 6.00. The van der Waals surface area contributed by atoms with Gasteiger partial charge >= 0.3 is 0 Å². The number of benzene rings is 1. The number of carbonyl (C=O) groups is 2. The van der Waals surface area contributed by atoms with Crippen LogP contribution >= 0.6 is 0 Å². The maximum Gasteiger partial charge on any atom is 0.291 e. The zero-order valence-electron chi connectivity index (χ0n) is 16.2. The van der Waals surface area contributed by atoms with Crippen molar-refractivity contribution in [2.45, 2.75) is 64.0 Å². The molecule has 29 heavy (non-hydrogen) atoms. The fourth-order valence-corrected chi connectivity index (χ4v) is 4.10. The quantitative estimate of drug-likeness (QED) is 0.822. The number of nitrogens with zero attached hydrogens (tertiary/aromatic N) is 3. The van der Waals surface area contributed by atoms with E-state index in [0.717, 1.165) is 44.0 Å². The molecule has 2 N–H and O–H groups in total. The summed E-state index contributed by atoms with van der Waals surface area (Å²) < 4.78 is 29.3. The van der Waals surface area contributed by atoms with Crippen LogP contribution in [0.4, 0.5) is 14.5 Å². The number of hydrogen-bond donors (Lipinski definition) is 2. The molecule has 7 nitrogen and oxygen atoms in total. The molecule has 0 unspecified atom stereocenters. The number of aromatic nitrogens is 3. The Hall–Kier alpha value is -2.84. The molecule has 3 heterocycles. The molecule has 9 heteroatoms. The number of anilines is 1. The fourth-order valence-electron chi connectivity index (χ4n) is 4.10. The van der Waals surface area contributed by atoms with E-state index in [2.05, 4.69) is 27.6 Å². The van der Waals surface area contributed by atoms with Gasteiger partial charge in [-0.05, 0) is 43.7 Å². The van der Waals surface area contributed by atoms with E-state index in [0.29, 0.717) is 5.56 Å². The minimum Gasteiger partial charge on any atom is -0.337 e. The van der Waals surface area contributed by atoms with E-state index in [-0.39, 0.29) is 30.4 Å². The van der Waals surface area contributed by atoms with Crippen LogP contribution in [0.5, 0.6) is 0 Å². The van der Waals surface area contributed by atoms with Crippen LogP contribution in [-0.2, 0) is 17.6 Å². The number of nitrogens with one attached hydrogen (secondary N) is 2. The Morgan fingerprint density at radius 2 is 2.14 bits per heavy atom. The van der Waals surface area contributed by atoms with E-state index in [1.165, 1.54) is 6.07 Å². The predicted molar refractivity (Wildman–Crippen MR) is 101 cm³/mol. The second-order valence-electron chi connectivity index (χ2n) is 7.61. The standard InChI is InChI=1S/C20H23F2N5O2/c1-2-4-13-5-3-6-16-24-18(26-27(13)16)20(29)23-15-8-7-11-9-12(21)10-14(22)17(11)25-19(15)28/h9-10,13,15H,2-8H2,1H3,(H,23,29)(H,25,28)/t13-,15-/m0/s1. The molecule has 1 aromatic carbocycles. The zero-order chi connectivity index (χ0) is 20.5. The third-order valence-electron chi connectivity index (χ3n) is 5.52. The van der Waals surface area contributed by atoms with Gasteiger partial charge in [-0.15, -0.1) is 5.10 Å². The Morgan fingerprint density at radius 3 is 2.93 bits per heavy atom. The number of amides is 2. The van der Waals surface area contributed by atoms with Crippen LogP contribution in [-0.4, -0.2) is 32.6 Å². The monoisotopic (exact) mass is 403 g/mol. The van der Waals surface area contributed by atoms with E-state index >= 15 is 0 Å². The molecular weight excluding hydrogens is 380 g/mol. The van der Waals surface area contributed by atoms with Crippen LogP contribution in [0.15, 0.2) is 12.1 Å². The van der Waals surface area contributed by atoms with Crippen molar-refractivity contribution in [1.82, 2.24) is 20.1 Å². The topological polar surface area (TPSA) is 88.9 Å². The van der Waals surface area contributed by atoms with Gasteiger partial charge in [0.2, 0.25) is 11.7 Å². The number of hydrogen-bond acceptors (Lipinski definition) is 4. The van der Waals surface area contributed by atoms with E-state index in [1.807, 2.05) is 4.68 Å². The van der Waals surface area contributed by atoms with Gasteiger partial charge < -0.3 is 10.6 Å². The molecule has 2 aromatic rings. The lowest BCUT2D eigenvalue weighted by Gasteiger charge is -2.22. The Kier molecular flexibility index (Phi) is 5.29. The molecule has 0 aliphatic carbocycles. The van der Waals surface area contributed by atoms with Crippen molar-refractivity contribution in [2.24, 2.45) is 0 Å². The normalized spacial score (nSPS) is 21.0. The number of fused-ring (bicyclic) bond motifs is 2. The average molecular weight is 403 g/mol. The van der Waals surface area contributed by atoms with Gasteiger partial charge in [-0.2, -0.15) is 0 Å². The molecule has 154 valence electrons. The molecule has 0 fully saturated rings. The van der Waals surface area contributed by atoms with Gasteiger partial charge in [-0.3, -0.25) is 9.59 Å². The van der Waals surface area contributed by atoms with Gasteiger partial charge in [0.25, 0.3) is 5.91 Å². The molecule has 0 saturated heterocycles. The Balaban J connectivity index is 1.49. The highest BCUT2D eigenvalue weighted by Gasteiger charge is 2.30. The van der Waals surface area contributed by atoms with Crippen molar-refractivity contribution in [3.05, 3.63) is 41.0 Å². The van der Waals surface area contributed by atoms with Gasteiger partial charge in [0.05, 0.1) is 11.7 Å². The second-order valence-corrected chi connectivity index (χ2v) is 7.61. The van der Waals surface area contributed by atoms with Crippen LogP contribution in [0.3, 0.4) is 0 Å². The van der Waals surface area contributed by atoms with Crippen LogP contribution in [0.2, 0.25) is 0 Å². The lowest BCUT2D eigenvalue weighted by atomic mass is 10.0. The highest BCUT2D eigenvalue weighted by atomic mass is 19.1. The molecule has 2 aliphatic rings. The van der Waals surface area contributed by atoms with Gasteiger partial charge in [0.1, 0.15) is 23.5 Å². The molecule has 0 spiro atoms. The first-order chi connectivity index (χ1) is 14.0. The Morgan fingerprint density at radius 1 is 1.31 bits per heavy atom. The summed E-state index contributed by atoms with van der Waals surface area (Å²) in [7, 11) is 0. The Labute approximate surface area is 166 Å². The third-order valence-corrected chi connectivity index (χ3v) is 5.52. The Bertz CT molecular complexity index is 959. The van der Waals surface area contributed by atoms with E-state index < -0.39 is 29.5 Å². The summed E-state index contributed by atoms with van der Waals surface area (Å²) in [5.74, 6) is -1.79. The largest absolute Gasteiger partial charge is 0.337 e. The minimum absolute atomic E-state index is 0.0360. The second kappa shape index (κ2) is 7.88. The molecule has 0 radical (unpaired) electrons. The fraction of sp³-hybridized carbons (Fsp3) is 0.500. The van der Waals surface area contributed by atoms with E-state index in [4.69, 9.17) is 0 Å².